The maximum atomic E-state index is 10.8. The molecule has 0 aliphatic rings. The fourth-order valence-electron chi connectivity index (χ4n) is 1.45. The van der Waals surface area contributed by atoms with Crippen LogP contribution in [0.1, 0.15) is 23.6 Å². The van der Waals surface area contributed by atoms with Crippen LogP contribution in [0.15, 0.2) is 23.3 Å². The van der Waals surface area contributed by atoms with E-state index in [4.69, 9.17) is 0 Å². The Morgan fingerprint density at radius 3 is 2.62 bits per heavy atom. The summed E-state index contributed by atoms with van der Waals surface area (Å²) >= 11 is 0. The largest absolute Gasteiger partial charge is 0.452 e. The van der Waals surface area contributed by atoms with Crippen molar-refractivity contribution in [3.63, 3.8) is 0 Å². The molecule has 1 rings (SSSR count). The van der Waals surface area contributed by atoms with E-state index in [0.717, 1.165) is 16.8 Å². The second-order valence-corrected chi connectivity index (χ2v) is 3.62. The van der Waals surface area contributed by atoms with Gasteiger partial charge >= 0.3 is 6.09 Å². The van der Waals surface area contributed by atoms with Crippen molar-refractivity contribution in [1.82, 2.24) is 5.43 Å². The molecule has 1 N–H and O–H groups in total. The van der Waals surface area contributed by atoms with Gasteiger partial charge in [0.1, 0.15) is 0 Å². The van der Waals surface area contributed by atoms with Crippen LogP contribution in [0.4, 0.5) is 4.79 Å². The molecule has 0 aliphatic heterocycles. The van der Waals surface area contributed by atoms with Crippen molar-refractivity contribution in [1.29, 1.82) is 0 Å². The number of hydrogen-bond acceptors (Lipinski definition) is 3. The molecule has 0 spiro atoms. The van der Waals surface area contributed by atoms with Crippen LogP contribution in [0.5, 0.6) is 0 Å². The molecule has 1 amide bonds. The third-order valence-electron chi connectivity index (χ3n) is 2.27. The molecular formula is C12H16N2O2. The number of carbonyl (C=O) groups is 1. The van der Waals surface area contributed by atoms with E-state index in [0.29, 0.717) is 0 Å². The van der Waals surface area contributed by atoms with Gasteiger partial charge < -0.3 is 4.74 Å². The van der Waals surface area contributed by atoms with Gasteiger partial charge in [0.25, 0.3) is 0 Å². The summed E-state index contributed by atoms with van der Waals surface area (Å²) in [6.45, 7) is 5.89. The molecule has 0 atom stereocenters. The Morgan fingerprint density at radius 2 is 2.06 bits per heavy atom. The lowest BCUT2D eigenvalue weighted by molar-refractivity contribution is 0.171. The summed E-state index contributed by atoms with van der Waals surface area (Å²) in [6.07, 6.45) is -0.566. The van der Waals surface area contributed by atoms with Crippen molar-refractivity contribution in [3.8, 4) is 0 Å². The van der Waals surface area contributed by atoms with Gasteiger partial charge in [0, 0.05) is 5.56 Å². The lowest BCUT2D eigenvalue weighted by Crippen LogP contribution is -2.18. The lowest BCUT2D eigenvalue weighted by Gasteiger charge is -2.06. The number of nitrogens with zero attached hydrogens (tertiary/aromatic N) is 1. The number of hydrazone groups is 1. The molecule has 0 saturated carbocycles. The molecule has 0 fully saturated rings. The highest BCUT2D eigenvalue weighted by atomic mass is 16.5. The third-order valence-corrected chi connectivity index (χ3v) is 2.27. The Kier molecular flexibility index (Phi) is 4.05. The summed E-state index contributed by atoms with van der Waals surface area (Å²) in [5.74, 6) is 0. The van der Waals surface area contributed by atoms with Gasteiger partial charge in [-0.3, -0.25) is 0 Å². The fraction of sp³-hybridized carbons (Fsp3) is 0.333. The minimum Gasteiger partial charge on any atom is -0.452 e. The number of ether oxygens (including phenoxy) is 1. The summed E-state index contributed by atoms with van der Waals surface area (Å²) in [5.41, 5.74) is 6.40. The molecule has 86 valence electrons. The summed E-state index contributed by atoms with van der Waals surface area (Å²) in [5, 5.41) is 3.95. The maximum Gasteiger partial charge on any atom is 0.427 e. The highest BCUT2D eigenvalue weighted by Crippen LogP contribution is 2.11. The second kappa shape index (κ2) is 5.30. The predicted octanol–water partition coefficient (Wildman–Crippen LogP) is 2.38. The quantitative estimate of drug-likeness (QED) is 0.614. The number of amides is 1. The minimum atomic E-state index is -0.566. The van der Waals surface area contributed by atoms with Crippen LogP contribution in [0, 0.1) is 13.8 Å². The zero-order valence-corrected chi connectivity index (χ0v) is 10.00. The van der Waals surface area contributed by atoms with Crippen LogP contribution < -0.4 is 5.43 Å². The van der Waals surface area contributed by atoms with Crippen molar-refractivity contribution in [2.75, 3.05) is 7.11 Å². The van der Waals surface area contributed by atoms with Gasteiger partial charge in [0.15, 0.2) is 0 Å². The number of carbonyl (C=O) groups excluding carboxylic acids is 1. The van der Waals surface area contributed by atoms with Crippen molar-refractivity contribution in [2.45, 2.75) is 20.8 Å². The Labute approximate surface area is 95.3 Å². The number of aryl methyl sites for hydroxylation is 2. The van der Waals surface area contributed by atoms with E-state index in [1.807, 2.05) is 32.9 Å². The van der Waals surface area contributed by atoms with Crippen LogP contribution in [0.2, 0.25) is 0 Å². The van der Waals surface area contributed by atoms with Crippen LogP contribution in [0.3, 0.4) is 0 Å². The molecule has 0 aliphatic carbocycles. The summed E-state index contributed by atoms with van der Waals surface area (Å²) < 4.78 is 4.43. The number of methoxy groups -OCH3 is 1. The molecular weight excluding hydrogens is 204 g/mol. The zero-order chi connectivity index (χ0) is 12.1. The van der Waals surface area contributed by atoms with Crippen LogP contribution in [-0.2, 0) is 4.74 Å². The Balaban J connectivity index is 2.87. The van der Waals surface area contributed by atoms with Crippen molar-refractivity contribution < 1.29 is 9.53 Å². The monoisotopic (exact) mass is 220 g/mol. The maximum absolute atomic E-state index is 10.8. The molecule has 0 heterocycles. The second-order valence-electron chi connectivity index (χ2n) is 3.62. The van der Waals surface area contributed by atoms with Crippen LogP contribution in [0.25, 0.3) is 0 Å². The molecule has 0 aromatic heterocycles. The Hall–Kier alpha value is -1.84. The average molecular weight is 220 g/mol. The van der Waals surface area contributed by atoms with Gasteiger partial charge in [-0.25, -0.2) is 10.2 Å². The molecule has 0 unspecified atom stereocenters. The molecule has 4 heteroatoms. The Morgan fingerprint density at radius 1 is 1.38 bits per heavy atom. The predicted molar refractivity (Wildman–Crippen MR) is 63.7 cm³/mol. The number of nitrogens with one attached hydrogen (secondary N) is 1. The van der Waals surface area contributed by atoms with Gasteiger partial charge in [-0.05, 0) is 26.3 Å². The van der Waals surface area contributed by atoms with E-state index in [9.17, 15) is 4.79 Å². The molecule has 0 bridgehead atoms. The number of rotatable bonds is 2. The van der Waals surface area contributed by atoms with Gasteiger partial charge in [0.2, 0.25) is 0 Å². The third kappa shape index (κ3) is 3.08. The van der Waals surface area contributed by atoms with Crippen molar-refractivity contribution in [3.05, 3.63) is 34.9 Å². The van der Waals surface area contributed by atoms with Crippen LogP contribution in [-0.4, -0.2) is 18.9 Å². The van der Waals surface area contributed by atoms with Crippen molar-refractivity contribution >= 4 is 11.8 Å². The van der Waals surface area contributed by atoms with Crippen molar-refractivity contribution in [2.24, 2.45) is 5.10 Å². The van der Waals surface area contributed by atoms with E-state index < -0.39 is 6.09 Å². The van der Waals surface area contributed by atoms with E-state index in [1.165, 1.54) is 12.7 Å². The lowest BCUT2D eigenvalue weighted by atomic mass is 10.0. The van der Waals surface area contributed by atoms with Gasteiger partial charge in [-0.2, -0.15) is 5.10 Å². The topological polar surface area (TPSA) is 50.7 Å². The van der Waals surface area contributed by atoms with E-state index >= 15 is 0 Å². The number of hydrogen-bond donors (Lipinski definition) is 1. The first-order valence-electron chi connectivity index (χ1n) is 5.00. The molecule has 0 saturated heterocycles. The molecule has 4 nitrogen and oxygen atoms in total. The fourth-order valence-corrected chi connectivity index (χ4v) is 1.45. The number of benzene rings is 1. The average Bonchev–Trinajstić information content (AvgIpc) is 2.25. The zero-order valence-electron chi connectivity index (χ0n) is 10.00. The van der Waals surface area contributed by atoms with Gasteiger partial charge in [0.05, 0.1) is 12.8 Å². The van der Waals surface area contributed by atoms with Crippen LogP contribution >= 0.6 is 0 Å². The smallest absolute Gasteiger partial charge is 0.427 e. The molecule has 1 aromatic carbocycles. The minimum absolute atomic E-state index is 0.566. The first-order valence-corrected chi connectivity index (χ1v) is 5.00. The first kappa shape index (κ1) is 12.2. The molecule has 0 radical (unpaired) electrons. The summed E-state index contributed by atoms with van der Waals surface area (Å²) in [7, 11) is 1.30. The van der Waals surface area contributed by atoms with Gasteiger partial charge in [-0.1, -0.05) is 23.8 Å². The molecule has 1 aromatic rings. The SMILES string of the molecule is COC(=O)N/N=C(/C)c1ccc(C)cc1C. The summed E-state index contributed by atoms with van der Waals surface area (Å²) in [6, 6.07) is 6.08. The van der Waals surface area contributed by atoms with E-state index in [2.05, 4.69) is 21.3 Å². The normalized spacial score (nSPS) is 11.1. The summed E-state index contributed by atoms with van der Waals surface area (Å²) in [4.78, 5) is 10.8. The standard InChI is InChI=1S/C12H16N2O2/c1-8-5-6-11(9(2)7-8)10(3)13-14-12(15)16-4/h5-7H,1-4H3,(H,14,15)/b13-10-. The Bertz CT molecular complexity index is 425. The van der Waals surface area contributed by atoms with E-state index in [1.54, 1.807) is 0 Å². The first-order chi connectivity index (χ1) is 7.54. The van der Waals surface area contributed by atoms with E-state index in [-0.39, 0.29) is 0 Å². The molecule has 16 heavy (non-hydrogen) atoms. The highest BCUT2D eigenvalue weighted by Gasteiger charge is 2.03. The van der Waals surface area contributed by atoms with Gasteiger partial charge in [-0.15, -0.1) is 0 Å². The highest BCUT2D eigenvalue weighted by molar-refractivity contribution is 6.00.